The van der Waals surface area contributed by atoms with Crippen LogP contribution in [0, 0.1) is 5.92 Å². The molecule has 1 heterocycles. The van der Waals surface area contributed by atoms with Gasteiger partial charge in [0.1, 0.15) is 0 Å². The van der Waals surface area contributed by atoms with E-state index in [1.54, 1.807) is 0 Å². The topological polar surface area (TPSA) is 38.3 Å². The van der Waals surface area contributed by atoms with Gasteiger partial charge in [-0.15, -0.1) is 0 Å². The minimum absolute atomic E-state index is 0.185. The SMILES string of the molecule is CC(C)CNCCCS(=O)C1CCOC1C. The van der Waals surface area contributed by atoms with Gasteiger partial charge in [-0.3, -0.25) is 4.21 Å². The summed E-state index contributed by atoms with van der Waals surface area (Å²) in [6.07, 6.45) is 2.15. The molecular formula is C12H25NO2S. The molecule has 96 valence electrons. The lowest BCUT2D eigenvalue weighted by Gasteiger charge is -2.13. The van der Waals surface area contributed by atoms with Gasteiger partial charge >= 0.3 is 0 Å². The fraction of sp³-hybridized carbons (Fsp3) is 1.00. The van der Waals surface area contributed by atoms with Crippen molar-refractivity contribution < 1.29 is 8.95 Å². The van der Waals surface area contributed by atoms with Crippen molar-refractivity contribution in [2.75, 3.05) is 25.4 Å². The van der Waals surface area contributed by atoms with E-state index < -0.39 is 10.8 Å². The summed E-state index contributed by atoms with van der Waals surface area (Å²) in [7, 11) is -0.705. The molecule has 3 unspecified atom stereocenters. The van der Waals surface area contributed by atoms with Crippen LogP contribution in [0.3, 0.4) is 0 Å². The third-order valence-corrected chi connectivity index (χ3v) is 4.88. The normalized spacial score (nSPS) is 27.5. The van der Waals surface area contributed by atoms with E-state index in [9.17, 15) is 4.21 Å². The van der Waals surface area contributed by atoms with Gasteiger partial charge in [0, 0.05) is 23.2 Å². The molecule has 3 atom stereocenters. The molecule has 1 aliphatic rings. The zero-order valence-corrected chi connectivity index (χ0v) is 11.5. The zero-order chi connectivity index (χ0) is 12.0. The first-order valence-corrected chi connectivity index (χ1v) is 7.69. The van der Waals surface area contributed by atoms with Gasteiger partial charge < -0.3 is 10.1 Å². The van der Waals surface area contributed by atoms with Crippen LogP contribution >= 0.6 is 0 Å². The summed E-state index contributed by atoms with van der Waals surface area (Å²) in [6, 6.07) is 0. The number of ether oxygens (including phenoxy) is 1. The molecule has 16 heavy (non-hydrogen) atoms. The van der Waals surface area contributed by atoms with Gasteiger partial charge in [-0.2, -0.15) is 0 Å². The predicted molar refractivity (Wildman–Crippen MR) is 69.2 cm³/mol. The lowest BCUT2D eigenvalue weighted by molar-refractivity contribution is 0.127. The summed E-state index contributed by atoms with van der Waals surface area (Å²) in [5.74, 6) is 1.50. The van der Waals surface area contributed by atoms with Gasteiger partial charge in [-0.05, 0) is 38.8 Å². The molecule has 1 rings (SSSR count). The number of hydrogen-bond acceptors (Lipinski definition) is 3. The molecule has 0 amide bonds. The average Bonchev–Trinajstić information content (AvgIpc) is 2.63. The maximum Gasteiger partial charge on any atom is 0.0691 e. The van der Waals surface area contributed by atoms with Gasteiger partial charge in [0.25, 0.3) is 0 Å². The highest BCUT2D eigenvalue weighted by molar-refractivity contribution is 7.85. The summed E-state index contributed by atoms with van der Waals surface area (Å²) < 4.78 is 17.4. The van der Waals surface area contributed by atoms with Crippen LogP contribution in [0.15, 0.2) is 0 Å². The smallest absolute Gasteiger partial charge is 0.0691 e. The minimum Gasteiger partial charge on any atom is -0.377 e. The lowest BCUT2D eigenvalue weighted by Crippen LogP contribution is -2.27. The summed E-state index contributed by atoms with van der Waals surface area (Å²) in [4.78, 5) is 0. The van der Waals surface area contributed by atoms with Crippen LogP contribution in [-0.2, 0) is 15.5 Å². The summed E-state index contributed by atoms with van der Waals surface area (Å²) in [5.41, 5.74) is 0. The Labute approximate surface area is 102 Å². The molecule has 0 radical (unpaired) electrons. The van der Waals surface area contributed by atoms with E-state index in [2.05, 4.69) is 19.2 Å². The molecule has 4 heteroatoms. The first-order valence-electron chi connectivity index (χ1n) is 6.30. The Morgan fingerprint density at radius 1 is 1.50 bits per heavy atom. The highest BCUT2D eigenvalue weighted by Gasteiger charge is 2.28. The van der Waals surface area contributed by atoms with Crippen LogP contribution in [0.5, 0.6) is 0 Å². The standard InChI is InChI=1S/C12H25NO2S/c1-10(2)9-13-6-4-8-16(14)12-5-7-15-11(12)3/h10-13H,4-9H2,1-3H3. The second kappa shape index (κ2) is 7.41. The Balaban J connectivity index is 2.06. The Kier molecular flexibility index (Phi) is 6.54. The maximum atomic E-state index is 12.0. The van der Waals surface area contributed by atoms with Crippen LogP contribution in [0.2, 0.25) is 0 Å². The fourth-order valence-electron chi connectivity index (χ4n) is 1.94. The van der Waals surface area contributed by atoms with E-state index in [0.717, 1.165) is 38.3 Å². The van der Waals surface area contributed by atoms with Crippen LogP contribution in [0.25, 0.3) is 0 Å². The Bertz CT molecular complexity index is 221. The van der Waals surface area contributed by atoms with Crippen LogP contribution in [0.4, 0.5) is 0 Å². The van der Waals surface area contributed by atoms with E-state index in [4.69, 9.17) is 4.74 Å². The molecule has 0 spiro atoms. The molecule has 0 aliphatic carbocycles. The quantitative estimate of drug-likeness (QED) is 0.694. The highest BCUT2D eigenvalue weighted by Crippen LogP contribution is 2.18. The maximum absolute atomic E-state index is 12.0. The predicted octanol–water partition coefficient (Wildman–Crippen LogP) is 1.55. The van der Waals surface area contributed by atoms with E-state index in [1.165, 1.54) is 0 Å². The third-order valence-electron chi connectivity index (χ3n) is 2.90. The van der Waals surface area contributed by atoms with Gasteiger partial charge in [-0.1, -0.05) is 13.8 Å². The first kappa shape index (κ1) is 14.1. The van der Waals surface area contributed by atoms with Crippen LogP contribution in [0.1, 0.15) is 33.6 Å². The van der Waals surface area contributed by atoms with Crippen molar-refractivity contribution in [3.05, 3.63) is 0 Å². The molecule has 1 aliphatic heterocycles. The lowest BCUT2D eigenvalue weighted by atomic mass is 10.2. The van der Waals surface area contributed by atoms with E-state index >= 15 is 0 Å². The average molecular weight is 247 g/mol. The minimum atomic E-state index is -0.705. The van der Waals surface area contributed by atoms with Gasteiger partial charge in [0.15, 0.2) is 0 Å². The van der Waals surface area contributed by atoms with Crippen molar-refractivity contribution in [2.24, 2.45) is 5.92 Å². The van der Waals surface area contributed by atoms with Gasteiger partial charge in [-0.25, -0.2) is 0 Å². The first-order chi connectivity index (χ1) is 7.61. The second-order valence-electron chi connectivity index (χ2n) is 4.94. The number of hydrogen-bond donors (Lipinski definition) is 1. The fourth-order valence-corrected chi connectivity index (χ4v) is 3.54. The van der Waals surface area contributed by atoms with Crippen LogP contribution in [-0.4, -0.2) is 41.0 Å². The molecule has 0 bridgehead atoms. The molecular weight excluding hydrogens is 222 g/mol. The van der Waals surface area contributed by atoms with Crippen molar-refractivity contribution in [3.8, 4) is 0 Å². The van der Waals surface area contributed by atoms with Crippen molar-refractivity contribution in [3.63, 3.8) is 0 Å². The number of nitrogens with one attached hydrogen (secondary N) is 1. The van der Waals surface area contributed by atoms with Crippen molar-refractivity contribution in [2.45, 2.75) is 45.0 Å². The van der Waals surface area contributed by atoms with Crippen molar-refractivity contribution in [1.29, 1.82) is 0 Å². The molecule has 0 aromatic carbocycles. The largest absolute Gasteiger partial charge is 0.377 e. The molecule has 1 saturated heterocycles. The van der Waals surface area contributed by atoms with Crippen LogP contribution < -0.4 is 5.32 Å². The van der Waals surface area contributed by atoms with E-state index in [0.29, 0.717) is 5.92 Å². The van der Waals surface area contributed by atoms with E-state index in [1.807, 2.05) is 6.92 Å². The summed E-state index contributed by atoms with van der Waals surface area (Å²) in [5, 5.41) is 3.64. The van der Waals surface area contributed by atoms with Crippen molar-refractivity contribution in [1.82, 2.24) is 5.32 Å². The molecule has 0 aromatic rings. The number of rotatable bonds is 7. The summed E-state index contributed by atoms with van der Waals surface area (Å²) in [6.45, 7) is 9.24. The molecule has 3 nitrogen and oxygen atoms in total. The van der Waals surface area contributed by atoms with Gasteiger partial charge in [0.2, 0.25) is 0 Å². The monoisotopic (exact) mass is 247 g/mol. The molecule has 1 N–H and O–H groups in total. The zero-order valence-electron chi connectivity index (χ0n) is 10.7. The Morgan fingerprint density at radius 3 is 2.81 bits per heavy atom. The Hall–Kier alpha value is 0.0700. The van der Waals surface area contributed by atoms with Crippen molar-refractivity contribution >= 4 is 10.8 Å². The van der Waals surface area contributed by atoms with Gasteiger partial charge in [0.05, 0.1) is 11.4 Å². The molecule has 0 aromatic heterocycles. The second-order valence-corrected chi connectivity index (χ2v) is 6.71. The third kappa shape index (κ3) is 4.93. The summed E-state index contributed by atoms with van der Waals surface area (Å²) >= 11 is 0. The molecule has 0 saturated carbocycles. The van der Waals surface area contributed by atoms with E-state index in [-0.39, 0.29) is 11.4 Å². The highest BCUT2D eigenvalue weighted by atomic mass is 32.2. The Morgan fingerprint density at radius 2 is 2.25 bits per heavy atom. The molecule has 1 fully saturated rings.